The quantitative estimate of drug-likeness (QED) is 0.0373. The number of unbranched alkanes of at least 4 members (excludes halogenated alkanes) is 23. The van der Waals surface area contributed by atoms with Gasteiger partial charge in [-0.15, -0.1) is 0 Å². The molecule has 0 aliphatic heterocycles. The zero-order valence-electron chi connectivity index (χ0n) is 46.6. The number of carbonyl (C=O) groups excluding carboxylic acids is 2. The molecule has 1 atom stereocenters. The van der Waals surface area contributed by atoms with Gasteiger partial charge < -0.3 is 14.6 Å². The third kappa shape index (κ3) is 58.6. The summed E-state index contributed by atoms with van der Waals surface area (Å²) in [7, 11) is 0. The molecule has 5 nitrogen and oxygen atoms in total. The number of ether oxygens (including phenoxy) is 2. The number of allylic oxidation sites excluding steroid dienone is 22. The molecule has 0 saturated carbocycles. The molecule has 0 aliphatic carbocycles. The van der Waals surface area contributed by atoms with Crippen LogP contribution in [0.3, 0.4) is 0 Å². The van der Waals surface area contributed by atoms with Crippen molar-refractivity contribution in [2.45, 2.75) is 264 Å². The number of hydrogen-bond donors (Lipinski definition) is 1. The molecule has 0 radical (unpaired) electrons. The van der Waals surface area contributed by atoms with Crippen molar-refractivity contribution in [1.82, 2.24) is 0 Å². The second kappa shape index (κ2) is 61.3. The van der Waals surface area contributed by atoms with Crippen molar-refractivity contribution >= 4 is 11.9 Å². The zero-order valence-corrected chi connectivity index (χ0v) is 46.6. The van der Waals surface area contributed by atoms with Crippen molar-refractivity contribution < 1.29 is 24.2 Å². The predicted molar refractivity (Wildman–Crippen MR) is 315 cm³/mol. The van der Waals surface area contributed by atoms with Crippen LogP contribution in [0, 0.1) is 0 Å². The SMILES string of the molecule is CC/C=C\C/C=C\C/C=C\C/C=C\C/C=C\C/C=C\C/C=C\CCCCCCCC(=O)OC(CO)COC(=O)CCCCCCCCCCCCCCCCCCCC/C=C\C/C=C\C/C=C\C/C=C\CC. The summed E-state index contributed by atoms with van der Waals surface area (Å²) in [6.07, 6.45) is 91.4. The van der Waals surface area contributed by atoms with Gasteiger partial charge in [0.1, 0.15) is 6.61 Å². The third-order valence-corrected chi connectivity index (χ3v) is 12.4. The van der Waals surface area contributed by atoms with Crippen LogP contribution in [-0.4, -0.2) is 36.4 Å². The molecule has 1 N–H and O–H groups in total. The fourth-order valence-corrected chi connectivity index (χ4v) is 8.06. The average molecular weight is 996 g/mol. The van der Waals surface area contributed by atoms with Crippen LogP contribution >= 0.6 is 0 Å². The molecule has 0 aliphatic rings. The fraction of sp³-hybridized carbons (Fsp3) is 0.642. The molecule has 0 aromatic rings. The molecule has 0 rings (SSSR count). The lowest BCUT2D eigenvalue weighted by atomic mass is 10.0. The summed E-state index contributed by atoms with van der Waals surface area (Å²) in [4.78, 5) is 24.6. The van der Waals surface area contributed by atoms with Gasteiger partial charge in [0.05, 0.1) is 6.61 Å². The Hall–Kier alpha value is -3.96. The minimum absolute atomic E-state index is 0.0801. The monoisotopic (exact) mass is 995 g/mol. The van der Waals surface area contributed by atoms with Crippen molar-refractivity contribution in [2.75, 3.05) is 13.2 Å². The first-order valence-corrected chi connectivity index (χ1v) is 29.7. The van der Waals surface area contributed by atoms with E-state index in [1.165, 1.54) is 103 Å². The number of aliphatic hydroxyl groups excluding tert-OH is 1. The van der Waals surface area contributed by atoms with Gasteiger partial charge in [-0.3, -0.25) is 9.59 Å². The van der Waals surface area contributed by atoms with Crippen LogP contribution < -0.4 is 0 Å². The highest BCUT2D eigenvalue weighted by atomic mass is 16.6. The average Bonchev–Trinajstić information content (AvgIpc) is 3.38. The van der Waals surface area contributed by atoms with Gasteiger partial charge in [-0.05, 0) is 109 Å². The van der Waals surface area contributed by atoms with E-state index in [2.05, 4.69) is 148 Å². The highest BCUT2D eigenvalue weighted by Crippen LogP contribution is 2.16. The molecule has 5 heteroatoms. The molecule has 0 amide bonds. The van der Waals surface area contributed by atoms with Gasteiger partial charge in [0.15, 0.2) is 6.10 Å². The standard InChI is InChI=1S/C67H110O5/c1-3-5-7-9-11-13-15-17-19-21-23-25-27-29-31-32-33-34-36-37-39-41-43-45-47-49-51-53-55-57-59-61-66(69)71-64-65(63-68)72-67(70)62-60-58-56-54-52-50-48-46-44-42-40-38-35-30-28-26-24-22-20-18-16-14-12-10-8-6-4-2/h5-8,11-14,17-20,23-26,30,35,40,42,46,48,65,68H,3-4,9-10,15-16,21-22,27-29,31-34,36-39,41,43-45,47,49-64H2,1-2H3/b7-5-,8-6-,13-11-,14-12-,19-17-,20-18-,25-23-,26-24-,35-30-,42-40-,48-46-. The number of carbonyl (C=O) groups is 2. The van der Waals surface area contributed by atoms with E-state index in [1.807, 2.05) is 0 Å². The maximum absolute atomic E-state index is 12.3. The van der Waals surface area contributed by atoms with E-state index in [9.17, 15) is 14.7 Å². The molecule has 0 fully saturated rings. The number of rotatable bonds is 53. The molecular weight excluding hydrogens is 885 g/mol. The molecule has 0 heterocycles. The fourth-order valence-electron chi connectivity index (χ4n) is 8.06. The molecular formula is C67H110O5. The summed E-state index contributed by atoms with van der Waals surface area (Å²) >= 11 is 0. The molecule has 0 aromatic heterocycles. The van der Waals surface area contributed by atoms with Crippen LogP contribution in [0.4, 0.5) is 0 Å². The second-order valence-electron chi connectivity index (χ2n) is 19.3. The Balaban J connectivity index is 3.54. The maximum atomic E-state index is 12.3. The lowest BCUT2D eigenvalue weighted by molar-refractivity contribution is -0.161. The molecule has 0 saturated heterocycles. The van der Waals surface area contributed by atoms with Crippen LogP contribution in [-0.2, 0) is 19.1 Å². The summed E-state index contributed by atoms with van der Waals surface area (Å²) in [6, 6.07) is 0. The van der Waals surface area contributed by atoms with Crippen molar-refractivity contribution in [3.05, 3.63) is 134 Å². The van der Waals surface area contributed by atoms with Gasteiger partial charge in [0, 0.05) is 12.8 Å². The Morgan fingerprint density at radius 1 is 0.319 bits per heavy atom. The molecule has 0 spiro atoms. The van der Waals surface area contributed by atoms with Gasteiger partial charge in [-0.1, -0.05) is 270 Å². The molecule has 72 heavy (non-hydrogen) atoms. The molecule has 1 unspecified atom stereocenters. The normalized spacial score (nSPS) is 13.2. The summed E-state index contributed by atoms with van der Waals surface area (Å²) in [5.74, 6) is -0.614. The van der Waals surface area contributed by atoms with Crippen molar-refractivity contribution in [3.63, 3.8) is 0 Å². The summed E-state index contributed by atoms with van der Waals surface area (Å²) in [5.41, 5.74) is 0. The van der Waals surface area contributed by atoms with Gasteiger partial charge in [-0.2, -0.15) is 0 Å². The van der Waals surface area contributed by atoms with E-state index >= 15 is 0 Å². The topological polar surface area (TPSA) is 72.8 Å². The Kier molecular flexibility index (Phi) is 58.0. The van der Waals surface area contributed by atoms with E-state index < -0.39 is 6.10 Å². The Labute approximate surface area is 445 Å². The van der Waals surface area contributed by atoms with Crippen LogP contribution in [0.5, 0.6) is 0 Å². The maximum Gasteiger partial charge on any atom is 0.306 e. The lowest BCUT2D eigenvalue weighted by Crippen LogP contribution is -2.28. The summed E-state index contributed by atoms with van der Waals surface area (Å²) in [6.45, 7) is 3.91. The van der Waals surface area contributed by atoms with E-state index in [0.29, 0.717) is 12.8 Å². The Bertz CT molecular complexity index is 1500. The number of aliphatic hydroxyl groups is 1. The third-order valence-electron chi connectivity index (χ3n) is 12.4. The molecule has 0 bridgehead atoms. The van der Waals surface area contributed by atoms with E-state index in [0.717, 1.165) is 128 Å². The lowest BCUT2D eigenvalue weighted by Gasteiger charge is -2.15. The van der Waals surface area contributed by atoms with Crippen molar-refractivity contribution in [2.24, 2.45) is 0 Å². The van der Waals surface area contributed by atoms with Crippen molar-refractivity contribution in [3.8, 4) is 0 Å². The first kappa shape index (κ1) is 68.0. The Morgan fingerprint density at radius 3 is 0.833 bits per heavy atom. The zero-order chi connectivity index (χ0) is 52.0. The first-order valence-electron chi connectivity index (χ1n) is 29.7. The van der Waals surface area contributed by atoms with Crippen LogP contribution in [0.25, 0.3) is 0 Å². The second-order valence-corrected chi connectivity index (χ2v) is 19.3. The minimum atomic E-state index is -0.792. The molecule has 0 aromatic carbocycles. The number of esters is 2. The van der Waals surface area contributed by atoms with Gasteiger partial charge in [0.25, 0.3) is 0 Å². The highest BCUT2D eigenvalue weighted by Gasteiger charge is 2.16. The van der Waals surface area contributed by atoms with Crippen LogP contribution in [0.1, 0.15) is 258 Å². The van der Waals surface area contributed by atoms with E-state index in [4.69, 9.17) is 9.47 Å². The highest BCUT2D eigenvalue weighted by molar-refractivity contribution is 5.70. The first-order chi connectivity index (χ1) is 35.6. The minimum Gasteiger partial charge on any atom is -0.462 e. The van der Waals surface area contributed by atoms with Gasteiger partial charge in [-0.25, -0.2) is 0 Å². The van der Waals surface area contributed by atoms with Crippen LogP contribution in [0.2, 0.25) is 0 Å². The van der Waals surface area contributed by atoms with Crippen LogP contribution in [0.15, 0.2) is 134 Å². The summed E-state index contributed by atoms with van der Waals surface area (Å²) < 4.78 is 10.7. The Morgan fingerprint density at radius 2 is 0.556 bits per heavy atom. The van der Waals surface area contributed by atoms with Gasteiger partial charge >= 0.3 is 11.9 Å². The smallest absolute Gasteiger partial charge is 0.306 e. The van der Waals surface area contributed by atoms with Gasteiger partial charge in [0.2, 0.25) is 0 Å². The summed E-state index contributed by atoms with van der Waals surface area (Å²) in [5, 5.41) is 9.67. The van der Waals surface area contributed by atoms with Crippen molar-refractivity contribution in [1.29, 1.82) is 0 Å². The van der Waals surface area contributed by atoms with E-state index in [1.54, 1.807) is 0 Å². The molecule has 408 valence electrons. The number of hydrogen-bond acceptors (Lipinski definition) is 5. The van der Waals surface area contributed by atoms with E-state index in [-0.39, 0.29) is 25.2 Å². The predicted octanol–water partition coefficient (Wildman–Crippen LogP) is 20.4. The largest absolute Gasteiger partial charge is 0.462 e.